The molecule has 0 spiro atoms. The molecule has 116 valence electrons. The predicted molar refractivity (Wildman–Crippen MR) is 77.7 cm³/mol. The van der Waals surface area contributed by atoms with Crippen molar-refractivity contribution in [3.63, 3.8) is 0 Å². The molecule has 1 aromatic heterocycles. The first-order valence-corrected chi connectivity index (χ1v) is 8.31. The second kappa shape index (κ2) is 6.55. The number of nitrogens with two attached hydrogens (primary N) is 1. The van der Waals surface area contributed by atoms with Gasteiger partial charge in [-0.15, -0.1) is 0 Å². The van der Waals surface area contributed by atoms with Crippen molar-refractivity contribution in [1.82, 2.24) is 14.5 Å². The summed E-state index contributed by atoms with van der Waals surface area (Å²) in [4.78, 5) is -0.0412. The van der Waals surface area contributed by atoms with Gasteiger partial charge in [-0.05, 0) is 19.3 Å². The standard InChI is InChI=1S/C12H24N4O3S/c1-4-7-16-8-10(11(13)15-16)20(18,19)14-9-12(17,5-2)6-3/h8,14,17H,4-7,9H2,1-3H3,(H2,13,15). The van der Waals surface area contributed by atoms with Gasteiger partial charge in [0, 0.05) is 19.3 Å². The first kappa shape index (κ1) is 16.9. The van der Waals surface area contributed by atoms with E-state index in [4.69, 9.17) is 5.73 Å². The van der Waals surface area contributed by atoms with Gasteiger partial charge in [-0.2, -0.15) is 5.10 Å². The maximum absolute atomic E-state index is 12.2. The summed E-state index contributed by atoms with van der Waals surface area (Å²) in [5.41, 5.74) is 4.61. The van der Waals surface area contributed by atoms with Gasteiger partial charge in [0.15, 0.2) is 5.82 Å². The molecule has 0 aliphatic carbocycles. The average Bonchev–Trinajstić information content (AvgIpc) is 2.78. The molecule has 1 heterocycles. The Morgan fingerprint density at radius 3 is 2.50 bits per heavy atom. The lowest BCUT2D eigenvalue weighted by molar-refractivity contribution is 0.0377. The highest BCUT2D eigenvalue weighted by Crippen LogP contribution is 2.18. The van der Waals surface area contributed by atoms with E-state index in [0.29, 0.717) is 19.4 Å². The number of anilines is 1. The molecule has 7 nitrogen and oxygen atoms in total. The Hall–Kier alpha value is -1.12. The third-order valence-electron chi connectivity index (χ3n) is 3.40. The monoisotopic (exact) mass is 304 g/mol. The number of nitrogen functional groups attached to an aromatic ring is 1. The van der Waals surface area contributed by atoms with E-state index >= 15 is 0 Å². The van der Waals surface area contributed by atoms with Crippen LogP contribution in [0.1, 0.15) is 40.0 Å². The van der Waals surface area contributed by atoms with Crippen LogP contribution in [0.2, 0.25) is 0 Å². The summed E-state index contributed by atoms with van der Waals surface area (Å²) in [5, 5.41) is 14.1. The van der Waals surface area contributed by atoms with Gasteiger partial charge >= 0.3 is 0 Å². The molecule has 0 radical (unpaired) electrons. The van der Waals surface area contributed by atoms with Crippen molar-refractivity contribution in [2.75, 3.05) is 12.3 Å². The molecule has 0 aliphatic rings. The fourth-order valence-corrected chi connectivity index (χ4v) is 2.97. The van der Waals surface area contributed by atoms with Gasteiger partial charge in [-0.3, -0.25) is 4.68 Å². The van der Waals surface area contributed by atoms with Crippen molar-refractivity contribution in [1.29, 1.82) is 0 Å². The maximum Gasteiger partial charge on any atom is 0.245 e. The fourth-order valence-electron chi connectivity index (χ4n) is 1.78. The minimum atomic E-state index is -3.76. The van der Waals surface area contributed by atoms with E-state index < -0.39 is 15.6 Å². The number of hydrogen-bond donors (Lipinski definition) is 3. The number of rotatable bonds is 8. The maximum atomic E-state index is 12.2. The summed E-state index contributed by atoms with van der Waals surface area (Å²) in [6.45, 7) is 6.15. The molecule has 0 fully saturated rings. The van der Waals surface area contributed by atoms with Crippen LogP contribution in [-0.4, -0.2) is 35.5 Å². The lowest BCUT2D eigenvalue weighted by Gasteiger charge is -2.25. The van der Waals surface area contributed by atoms with Crippen molar-refractivity contribution < 1.29 is 13.5 Å². The molecular weight excluding hydrogens is 280 g/mol. The summed E-state index contributed by atoms with van der Waals surface area (Å²) < 4.78 is 28.3. The average molecular weight is 304 g/mol. The van der Waals surface area contributed by atoms with Gasteiger partial charge in [-0.1, -0.05) is 20.8 Å². The third-order valence-corrected chi connectivity index (χ3v) is 4.82. The van der Waals surface area contributed by atoms with Crippen LogP contribution >= 0.6 is 0 Å². The molecule has 4 N–H and O–H groups in total. The Labute approximate surface area is 120 Å². The zero-order valence-electron chi connectivity index (χ0n) is 12.3. The highest BCUT2D eigenvalue weighted by atomic mass is 32.2. The molecule has 0 amide bonds. The van der Waals surface area contributed by atoms with E-state index in [2.05, 4.69) is 9.82 Å². The minimum absolute atomic E-state index is 0.0255. The second-order valence-corrected chi connectivity index (χ2v) is 6.63. The van der Waals surface area contributed by atoms with E-state index in [1.807, 2.05) is 20.8 Å². The van der Waals surface area contributed by atoms with Gasteiger partial charge < -0.3 is 10.8 Å². The van der Waals surface area contributed by atoms with E-state index in [-0.39, 0.29) is 17.3 Å². The van der Waals surface area contributed by atoms with Gasteiger partial charge in [0.1, 0.15) is 4.90 Å². The van der Waals surface area contributed by atoms with E-state index in [0.717, 1.165) is 6.42 Å². The Bertz CT molecular complexity index is 535. The van der Waals surface area contributed by atoms with Crippen LogP contribution in [0, 0.1) is 0 Å². The number of aryl methyl sites for hydroxylation is 1. The molecule has 0 bridgehead atoms. The van der Waals surface area contributed by atoms with Crippen LogP contribution in [0.15, 0.2) is 11.1 Å². The van der Waals surface area contributed by atoms with Gasteiger partial charge in [-0.25, -0.2) is 13.1 Å². The number of aromatic nitrogens is 2. The molecule has 1 aromatic rings. The van der Waals surface area contributed by atoms with Gasteiger partial charge in [0.05, 0.1) is 5.60 Å². The number of hydrogen-bond acceptors (Lipinski definition) is 5. The predicted octanol–water partition coefficient (Wildman–Crippen LogP) is 0.705. The van der Waals surface area contributed by atoms with E-state index in [9.17, 15) is 13.5 Å². The molecule has 0 unspecified atom stereocenters. The van der Waals surface area contributed by atoms with Crippen LogP contribution in [0.5, 0.6) is 0 Å². The smallest absolute Gasteiger partial charge is 0.245 e. The van der Waals surface area contributed by atoms with Crippen molar-refractivity contribution in [2.45, 2.75) is 57.1 Å². The van der Waals surface area contributed by atoms with Crippen molar-refractivity contribution in [2.24, 2.45) is 0 Å². The summed E-state index contributed by atoms with van der Waals surface area (Å²) >= 11 is 0. The van der Waals surface area contributed by atoms with Gasteiger partial charge in [0.2, 0.25) is 10.0 Å². The summed E-state index contributed by atoms with van der Waals surface area (Å²) in [5.74, 6) is -0.0255. The van der Waals surface area contributed by atoms with Crippen molar-refractivity contribution in [3.8, 4) is 0 Å². The molecule has 0 saturated heterocycles. The van der Waals surface area contributed by atoms with Crippen LogP contribution in [0.4, 0.5) is 5.82 Å². The Morgan fingerprint density at radius 1 is 1.40 bits per heavy atom. The third kappa shape index (κ3) is 3.94. The molecule has 0 atom stereocenters. The first-order valence-electron chi connectivity index (χ1n) is 6.83. The Kier molecular flexibility index (Phi) is 5.55. The molecule has 0 aromatic carbocycles. The highest BCUT2D eigenvalue weighted by Gasteiger charge is 2.27. The lowest BCUT2D eigenvalue weighted by atomic mass is 9.98. The Balaban J connectivity index is 2.89. The second-order valence-electron chi connectivity index (χ2n) is 4.90. The number of sulfonamides is 1. The fraction of sp³-hybridized carbons (Fsp3) is 0.750. The van der Waals surface area contributed by atoms with E-state index in [1.54, 1.807) is 0 Å². The minimum Gasteiger partial charge on any atom is -0.389 e. The van der Waals surface area contributed by atoms with E-state index in [1.165, 1.54) is 10.9 Å². The SMILES string of the molecule is CCCn1cc(S(=O)(=O)NCC(O)(CC)CC)c(N)n1. The summed E-state index contributed by atoms with van der Waals surface area (Å²) in [7, 11) is -3.76. The van der Waals surface area contributed by atoms with Crippen LogP contribution in [0.3, 0.4) is 0 Å². The van der Waals surface area contributed by atoms with Crippen LogP contribution in [0.25, 0.3) is 0 Å². The molecule has 0 aliphatic heterocycles. The quantitative estimate of drug-likeness (QED) is 0.655. The summed E-state index contributed by atoms with van der Waals surface area (Å²) in [6, 6.07) is 0. The van der Waals surface area contributed by atoms with Gasteiger partial charge in [0.25, 0.3) is 0 Å². The van der Waals surface area contributed by atoms with Crippen LogP contribution in [-0.2, 0) is 16.6 Å². The highest BCUT2D eigenvalue weighted by molar-refractivity contribution is 7.89. The van der Waals surface area contributed by atoms with Crippen molar-refractivity contribution >= 4 is 15.8 Å². The first-order chi connectivity index (χ1) is 9.28. The van der Waals surface area contributed by atoms with Crippen LogP contribution < -0.4 is 10.5 Å². The largest absolute Gasteiger partial charge is 0.389 e. The molecule has 0 saturated carbocycles. The topological polar surface area (TPSA) is 110 Å². The zero-order chi connectivity index (χ0) is 15.4. The van der Waals surface area contributed by atoms with Crippen molar-refractivity contribution in [3.05, 3.63) is 6.20 Å². The molecule has 20 heavy (non-hydrogen) atoms. The normalized spacial score (nSPS) is 12.8. The number of aliphatic hydroxyl groups is 1. The molecule has 1 rings (SSSR count). The molecular formula is C12H24N4O3S. The number of nitrogens with zero attached hydrogens (tertiary/aromatic N) is 2. The number of nitrogens with one attached hydrogen (secondary N) is 1. The molecule has 8 heteroatoms. The zero-order valence-corrected chi connectivity index (χ0v) is 13.1. The lowest BCUT2D eigenvalue weighted by Crippen LogP contribution is -2.42. The Morgan fingerprint density at radius 2 is 2.00 bits per heavy atom. The summed E-state index contributed by atoms with van der Waals surface area (Å²) in [6.07, 6.45) is 3.19.